The van der Waals surface area contributed by atoms with E-state index in [-0.39, 0.29) is 11.8 Å². The molecule has 0 radical (unpaired) electrons. The maximum atomic E-state index is 13.5. The molecule has 0 bridgehead atoms. The van der Waals surface area contributed by atoms with E-state index in [1.807, 2.05) is 36.6 Å². The number of benzene rings is 1. The van der Waals surface area contributed by atoms with E-state index in [9.17, 15) is 9.59 Å². The Hall–Kier alpha value is -1.96. The maximum absolute atomic E-state index is 13.5. The summed E-state index contributed by atoms with van der Waals surface area (Å²) < 4.78 is 5.01. The summed E-state index contributed by atoms with van der Waals surface area (Å²) in [5, 5.41) is 4.93. The number of pyridine rings is 1. The highest BCUT2D eigenvalue weighted by atomic mass is 32.2. The second-order valence-electron chi connectivity index (χ2n) is 7.27. The Morgan fingerprint density at radius 3 is 2.66 bits per heavy atom. The molecule has 0 saturated heterocycles. The zero-order chi connectivity index (χ0) is 21.4. The number of Topliss-reactive ketones (excluding diaryl/α,β-unsaturated/α-hetero) is 1. The summed E-state index contributed by atoms with van der Waals surface area (Å²) >= 11 is 1.51. The number of nitrogens with two attached hydrogens (primary N) is 1. The molecule has 7 heteroatoms. The number of ether oxygens (including phenoxy) is 1. The number of aromatic nitrogens is 1. The van der Waals surface area contributed by atoms with Crippen LogP contribution in [0.2, 0.25) is 0 Å². The van der Waals surface area contributed by atoms with Crippen LogP contribution in [0.1, 0.15) is 30.8 Å². The maximum Gasteiger partial charge on any atom is 0.323 e. The molecule has 2 rings (SSSR count). The molecule has 1 aromatic carbocycles. The van der Waals surface area contributed by atoms with Crippen LogP contribution in [0.25, 0.3) is 10.8 Å². The van der Waals surface area contributed by atoms with E-state index in [1.165, 1.54) is 18.9 Å². The van der Waals surface area contributed by atoms with Crippen molar-refractivity contribution >= 4 is 34.3 Å². The van der Waals surface area contributed by atoms with Crippen LogP contribution in [0, 0.1) is 11.8 Å². The van der Waals surface area contributed by atoms with Crippen LogP contribution < -0.4 is 11.1 Å². The minimum absolute atomic E-state index is 0.118. The Morgan fingerprint density at radius 2 is 2.00 bits per heavy atom. The van der Waals surface area contributed by atoms with Crippen molar-refractivity contribution in [2.45, 2.75) is 32.4 Å². The average Bonchev–Trinajstić information content (AvgIpc) is 2.76. The first-order valence-corrected chi connectivity index (χ1v) is 11.3. The number of carbonyl (C=O) groups excluding carboxylic acids is 2. The molecule has 4 atom stereocenters. The third-order valence-electron chi connectivity index (χ3n) is 5.40. The van der Waals surface area contributed by atoms with Crippen LogP contribution in [0.5, 0.6) is 0 Å². The SMILES string of the molecule is CCC(C)C(N)CN[C@H](C(=O)OC)[C@H](CSC)C(=O)c1nccc2ccccc12. The van der Waals surface area contributed by atoms with Crippen LogP contribution in [0.4, 0.5) is 0 Å². The highest BCUT2D eigenvalue weighted by Gasteiger charge is 2.36. The number of nitrogens with one attached hydrogen (secondary N) is 1. The van der Waals surface area contributed by atoms with Gasteiger partial charge in [-0.15, -0.1) is 0 Å². The lowest BCUT2D eigenvalue weighted by atomic mass is 9.91. The van der Waals surface area contributed by atoms with Crippen molar-refractivity contribution in [3.8, 4) is 0 Å². The Morgan fingerprint density at radius 1 is 1.28 bits per heavy atom. The standard InChI is InChI=1S/C22H31N3O3S/c1-5-14(2)18(23)12-25-20(22(27)28-3)17(13-29-4)21(26)19-16-9-7-6-8-15(16)10-11-24-19/h6-11,14,17-18,20,25H,5,12-13,23H2,1-4H3/t14?,17-,18?,20-/m0/s1. The van der Waals surface area contributed by atoms with Crippen molar-refractivity contribution in [3.63, 3.8) is 0 Å². The van der Waals surface area contributed by atoms with Gasteiger partial charge in [0.25, 0.3) is 0 Å². The van der Waals surface area contributed by atoms with E-state index >= 15 is 0 Å². The molecule has 0 spiro atoms. The molecule has 0 aliphatic rings. The smallest absolute Gasteiger partial charge is 0.323 e. The molecule has 3 N–H and O–H groups in total. The third kappa shape index (κ3) is 5.78. The normalized spacial score (nSPS) is 15.5. The van der Waals surface area contributed by atoms with Gasteiger partial charge in [0.15, 0.2) is 5.78 Å². The number of carbonyl (C=O) groups is 2. The van der Waals surface area contributed by atoms with Crippen molar-refractivity contribution in [2.24, 2.45) is 17.6 Å². The van der Waals surface area contributed by atoms with Crippen LogP contribution in [-0.2, 0) is 9.53 Å². The molecule has 0 aliphatic heterocycles. The monoisotopic (exact) mass is 417 g/mol. The quantitative estimate of drug-likeness (QED) is 0.429. The predicted molar refractivity (Wildman–Crippen MR) is 119 cm³/mol. The van der Waals surface area contributed by atoms with Crippen LogP contribution in [-0.4, -0.2) is 54.5 Å². The molecule has 158 valence electrons. The van der Waals surface area contributed by atoms with E-state index in [2.05, 4.69) is 24.1 Å². The van der Waals surface area contributed by atoms with Gasteiger partial charge in [-0.05, 0) is 23.6 Å². The van der Waals surface area contributed by atoms with Gasteiger partial charge in [-0.1, -0.05) is 44.5 Å². The number of ketones is 1. The fourth-order valence-corrected chi connectivity index (χ4v) is 3.98. The summed E-state index contributed by atoms with van der Waals surface area (Å²) in [4.78, 5) is 30.4. The molecule has 0 fully saturated rings. The molecule has 0 saturated carbocycles. The molecular formula is C22H31N3O3S. The van der Waals surface area contributed by atoms with Gasteiger partial charge in [0.05, 0.1) is 13.0 Å². The molecule has 1 heterocycles. The fourth-order valence-electron chi connectivity index (χ4n) is 3.28. The number of esters is 1. The van der Waals surface area contributed by atoms with Crippen molar-refractivity contribution in [1.82, 2.24) is 10.3 Å². The van der Waals surface area contributed by atoms with Crippen LogP contribution in [0.15, 0.2) is 36.5 Å². The lowest BCUT2D eigenvalue weighted by Crippen LogP contribution is -2.52. The summed E-state index contributed by atoms with van der Waals surface area (Å²) in [6.45, 7) is 4.58. The first kappa shape index (κ1) is 23.3. The first-order chi connectivity index (χ1) is 13.9. The molecule has 6 nitrogen and oxygen atoms in total. The average molecular weight is 418 g/mol. The van der Waals surface area contributed by atoms with E-state index in [1.54, 1.807) is 6.20 Å². The third-order valence-corrected chi connectivity index (χ3v) is 6.09. The Kier molecular flexibility index (Phi) is 9.07. The Balaban J connectivity index is 2.35. The van der Waals surface area contributed by atoms with Gasteiger partial charge < -0.3 is 15.8 Å². The molecule has 0 amide bonds. The second-order valence-corrected chi connectivity index (χ2v) is 8.18. The van der Waals surface area contributed by atoms with Gasteiger partial charge in [-0.25, -0.2) is 0 Å². The molecule has 1 aromatic heterocycles. The minimum Gasteiger partial charge on any atom is -0.468 e. The largest absolute Gasteiger partial charge is 0.468 e. The van der Waals surface area contributed by atoms with Crippen LogP contribution in [0.3, 0.4) is 0 Å². The predicted octanol–water partition coefficient (Wildman–Crippen LogP) is 2.90. The van der Waals surface area contributed by atoms with E-state index in [0.717, 1.165) is 17.2 Å². The summed E-state index contributed by atoms with van der Waals surface area (Å²) in [6.07, 6.45) is 4.49. The van der Waals surface area contributed by atoms with Gasteiger partial charge in [0.1, 0.15) is 11.7 Å². The number of fused-ring (bicyclic) bond motifs is 1. The number of methoxy groups -OCH3 is 1. The molecule has 0 aliphatic carbocycles. The lowest BCUT2D eigenvalue weighted by Gasteiger charge is -2.27. The van der Waals surface area contributed by atoms with E-state index < -0.39 is 17.9 Å². The molecule has 29 heavy (non-hydrogen) atoms. The van der Waals surface area contributed by atoms with Crippen molar-refractivity contribution in [3.05, 3.63) is 42.2 Å². The number of hydrogen-bond donors (Lipinski definition) is 2. The van der Waals surface area contributed by atoms with Gasteiger partial charge in [-0.2, -0.15) is 11.8 Å². The van der Waals surface area contributed by atoms with Gasteiger partial charge in [-0.3, -0.25) is 14.6 Å². The van der Waals surface area contributed by atoms with Gasteiger partial charge in [0, 0.05) is 29.9 Å². The number of nitrogens with zero attached hydrogens (tertiary/aromatic N) is 1. The molecular weight excluding hydrogens is 386 g/mol. The topological polar surface area (TPSA) is 94.3 Å². The van der Waals surface area contributed by atoms with Gasteiger partial charge >= 0.3 is 5.97 Å². The van der Waals surface area contributed by atoms with E-state index in [0.29, 0.717) is 23.9 Å². The summed E-state index contributed by atoms with van der Waals surface area (Å²) in [5.41, 5.74) is 6.62. The van der Waals surface area contributed by atoms with Crippen LogP contribution >= 0.6 is 11.8 Å². The van der Waals surface area contributed by atoms with E-state index in [4.69, 9.17) is 10.5 Å². The summed E-state index contributed by atoms with van der Waals surface area (Å²) in [7, 11) is 1.34. The first-order valence-electron chi connectivity index (χ1n) is 9.88. The second kappa shape index (κ2) is 11.3. The molecule has 2 unspecified atom stereocenters. The summed E-state index contributed by atoms with van der Waals surface area (Å²) in [5.74, 6) is -0.477. The minimum atomic E-state index is -0.782. The van der Waals surface area contributed by atoms with Crippen molar-refractivity contribution in [2.75, 3.05) is 25.7 Å². The zero-order valence-electron chi connectivity index (χ0n) is 17.6. The highest BCUT2D eigenvalue weighted by Crippen LogP contribution is 2.23. The lowest BCUT2D eigenvalue weighted by molar-refractivity contribution is -0.144. The Labute approximate surface area is 177 Å². The zero-order valence-corrected chi connectivity index (χ0v) is 18.4. The van der Waals surface area contributed by atoms with Gasteiger partial charge in [0.2, 0.25) is 0 Å². The number of thioether (sulfide) groups is 1. The Bertz CT molecular complexity index is 825. The molecule has 2 aromatic rings. The van der Waals surface area contributed by atoms with Crippen molar-refractivity contribution < 1.29 is 14.3 Å². The summed E-state index contributed by atoms with van der Waals surface area (Å²) in [6, 6.07) is 8.60. The highest BCUT2D eigenvalue weighted by molar-refractivity contribution is 7.98. The number of hydrogen-bond acceptors (Lipinski definition) is 7. The van der Waals surface area contributed by atoms with Crippen molar-refractivity contribution in [1.29, 1.82) is 0 Å². The fraction of sp³-hybridized carbons (Fsp3) is 0.500. The number of rotatable bonds is 11.